The van der Waals surface area contributed by atoms with E-state index in [1.54, 1.807) is 11.3 Å². The molecule has 94 valence electrons. The first-order chi connectivity index (χ1) is 8.13. The lowest BCUT2D eigenvalue weighted by atomic mass is 10.2. The average Bonchev–Trinajstić information content (AvgIpc) is 2.85. The summed E-state index contributed by atoms with van der Waals surface area (Å²) in [4.78, 5) is 16.9. The molecule has 1 N–H and O–H groups in total. The largest absolute Gasteiger partial charge is 0.334 e. The van der Waals surface area contributed by atoms with E-state index in [4.69, 9.17) is 0 Å². The Kier molecular flexibility index (Phi) is 3.84. The van der Waals surface area contributed by atoms with E-state index in [1.165, 1.54) is 4.88 Å². The van der Waals surface area contributed by atoms with Crippen molar-refractivity contribution < 1.29 is 4.79 Å². The van der Waals surface area contributed by atoms with E-state index in [1.807, 2.05) is 24.9 Å². The van der Waals surface area contributed by atoms with E-state index in [0.717, 1.165) is 36.4 Å². The van der Waals surface area contributed by atoms with Crippen molar-refractivity contribution in [2.45, 2.75) is 32.7 Å². The molecule has 1 fully saturated rings. The molecule has 1 aromatic rings. The van der Waals surface area contributed by atoms with Crippen LogP contribution in [0.4, 0.5) is 0 Å². The van der Waals surface area contributed by atoms with Crippen molar-refractivity contribution >= 4 is 17.2 Å². The van der Waals surface area contributed by atoms with Crippen molar-refractivity contribution in [1.29, 1.82) is 0 Å². The number of hydrogen-bond donors (Lipinski definition) is 1. The highest BCUT2D eigenvalue weighted by atomic mass is 32.1. The summed E-state index contributed by atoms with van der Waals surface area (Å²) in [7, 11) is 1.95. The molecule has 0 spiro atoms. The Morgan fingerprint density at radius 2 is 2.35 bits per heavy atom. The Hall–Kier alpha value is -0.870. The molecule has 1 saturated heterocycles. The number of nitrogens with one attached hydrogen (secondary N) is 1. The molecule has 2 heterocycles. The molecule has 0 unspecified atom stereocenters. The van der Waals surface area contributed by atoms with Crippen LogP contribution in [-0.4, -0.2) is 37.0 Å². The molecule has 1 aliphatic rings. The van der Waals surface area contributed by atoms with Crippen LogP contribution in [0.15, 0.2) is 6.07 Å². The topological polar surface area (TPSA) is 32.3 Å². The van der Waals surface area contributed by atoms with Crippen LogP contribution in [0.2, 0.25) is 0 Å². The summed E-state index contributed by atoms with van der Waals surface area (Å²) in [6.07, 6.45) is 2.25. The van der Waals surface area contributed by atoms with Crippen LogP contribution < -0.4 is 5.32 Å². The number of thiophene rings is 1. The molecular formula is C13H20N2OS. The fourth-order valence-electron chi connectivity index (χ4n) is 2.55. The quantitative estimate of drug-likeness (QED) is 0.894. The third-order valence-corrected chi connectivity index (χ3v) is 4.32. The normalized spacial score (nSPS) is 19.9. The van der Waals surface area contributed by atoms with Gasteiger partial charge < -0.3 is 10.2 Å². The lowest BCUT2D eigenvalue weighted by Crippen LogP contribution is -2.40. The van der Waals surface area contributed by atoms with Gasteiger partial charge in [-0.2, -0.15) is 0 Å². The monoisotopic (exact) mass is 252 g/mol. The summed E-state index contributed by atoms with van der Waals surface area (Å²) < 4.78 is 0. The van der Waals surface area contributed by atoms with Crippen molar-refractivity contribution in [3.05, 3.63) is 21.4 Å². The highest BCUT2D eigenvalue weighted by Gasteiger charge is 2.29. The Morgan fingerprint density at radius 3 is 2.94 bits per heavy atom. The third-order valence-electron chi connectivity index (χ3n) is 3.35. The van der Waals surface area contributed by atoms with Crippen molar-refractivity contribution in [1.82, 2.24) is 10.2 Å². The number of likely N-dealkylation sites (tertiary alicyclic amines) is 1. The van der Waals surface area contributed by atoms with E-state index >= 15 is 0 Å². The van der Waals surface area contributed by atoms with Crippen LogP contribution >= 0.6 is 11.3 Å². The molecule has 1 atom stereocenters. The molecule has 0 saturated carbocycles. The van der Waals surface area contributed by atoms with Crippen LogP contribution in [0.5, 0.6) is 0 Å². The van der Waals surface area contributed by atoms with Crippen molar-refractivity contribution in [2.75, 3.05) is 20.1 Å². The fourth-order valence-corrected chi connectivity index (χ4v) is 3.46. The predicted octanol–water partition coefficient (Wildman–Crippen LogP) is 2.19. The number of likely N-dealkylation sites (N-methyl/N-ethyl adjacent to an activating group) is 1. The van der Waals surface area contributed by atoms with Gasteiger partial charge in [-0.15, -0.1) is 11.3 Å². The minimum atomic E-state index is 0.213. The van der Waals surface area contributed by atoms with E-state index in [9.17, 15) is 4.79 Å². The Balaban J connectivity index is 2.16. The van der Waals surface area contributed by atoms with Gasteiger partial charge in [-0.25, -0.2) is 0 Å². The van der Waals surface area contributed by atoms with Crippen molar-refractivity contribution in [3.8, 4) is 0 Å². The molecular weight excluding hydrogens is 232 g/mol. The van der Waals surface area contributed by atoms with E-state index in [0.29, 0.717) is 6.04 Å². The number of nitrogens with zero attached hydrogens (tertiary/aromatic N) is 1. The Morgan fingerprint density at radius 1 is 1.59 bits per heavy atom. The Bertz CT molecular complexity index is 414. The molecule has 17 heavy (non-hydrogen) atoms. The smallest absolute Gasteiger partial charge is 0.255 e. The van der Waals surface area contributed by atoms with Crippen LogP contribution in [0.25, 0.3) is 0 Å². The highest BCUT2D eigenvalue weighted by Crippen LogP contribution is 2.25. The lowest BCUT2D eigenvalue weighted by molar-refractivity contribution is 0.0737. The second-order valence-corrected chi connectivity index (χ2v) is 6.14. The summed E-state index contributed by atoms with van der Waals surface area (Å²) in [6, 6.07) is 2.39. The predicted molar refractivity (Wildman–Crippen MR) is 71.8 cm³/mol. The molecule has 2 rings (SSSR count). The molecule has 1 aliphatic heterocycles. The van der Waals surface area contributed by atoms with E-state index in [2.05, 4.69) is 12.2 Å². The first-order valence-electron chi connectivity index (χ1n) is 6.16. The minimum absolute atomic E-state index is 0.213. The fraction of sp³-hybridized carbons (Fsp3) is 0.615. The molecule has 4 heteroatoms. The summed E-state index contributed by atoms with van der Waals surface area (Å²) in [6.45, 7) is 5.89. The third kappa shape index (κ3) is 2.53. The second kappa shape index (κ2) is 5.19. The highest BCUT2D eigenvalue weighted by molar-refractivity contribution is 7.12. The van der Waals surface area contributed by atoms with E-state index in [-0.39, 0.29) is 5.91 Å². The van der Waals surface area contributed by atoms with Gasteiger partial charge >= 0.3 is 0 Å². The van der Waals surface area contributed by atoms with Gasteiger partial charge in [0.15, 0.2) is 0 Å². The number of rotatable bonds is 3. The van der Waals surface area contributed by atoms with Gasteiger partial charge in [0.2, 0.25) is 0 Å². The first-order valence-corrected chi connectivity index (χ1v) is 6.97. The Labute approximate surface area is 107 Å². The average molecular weight is 252 g/mol. The van der Waals surface area contributed by atoms with Crippen molar-refractivity contribution in [2.24, 2.45) is 0 Å². The maximum absolute atomic E-state index is 12.5. The van der Waals surface area contributed by atoms with E-state index < -0.39 is 0 Å². The molecule has 1 amide bonds. The molecule has 0 bridgehead atoms. The maximum Gasteiger partial charge on any atom is 0.255 e. The molecule has 0 aliphatic carbocycles. The maximum atomic E-state index is 12.5. The zero-order chi connectivity index (χ0) is 12.4. The SMILES string of the molecule is CNC[C@@H]1CCCN1C(=O)c1cc(C)sc1C. The molecule has 0 radical (unpaired) electrons. The summed E-state index contributed by atoms with van der Waals surface area (Å²) in [5, 5.41) is 3.17. The summed E-state index contributed by atoms with van der Waals surface area (Å²) >= 11 is 1.71. The summed E-state index contributed by atoms with van der Waals surface area (Å²) in [5.41, 5.74) is 0.899. The van der Waals surface area contributed by atoms with Gasteiger partial charge in [-0.3, -0.25) is 4.79 Å². The van der Waals surface area contributed by atoms with Gasteiger partial charge in [-0.05, 0) is 39.8 Å². The van der Waals surface area contributed by atoms with Gasteiger partial charge in [0.1, 0.15) is 0 Å². The zero-order valence-electron chi connectivity index (χ0n) is 10.7. The standard InChI is InChI=1S/C13H20N2OS/c1-9-7-12(10(2)17-9)13(16)15-6-4-5-11(15)8-14-3/h7,11,14H,4-6,8H2,1-3H3/t11-/m0/s1. The number of carbonyl (C=O) groups is 1. The van der Waals surface area contributed by atoms with Crippen LogP contribution in [0.3, 0.4) is 0 Å². The van der Waals surface area contributed by atoms with Gasteiger partial charge in [-0.1, -0.05) is 0 Å². The molecule has 1 aromatic heterocycles. The zero-order valence-corrected chi connectivity index (χ0v) is 11.6. The minimum Gasteiger partial charge on any atom is -0.334 e. The van der Waals surface area contributed by atoms with Gasteiger partial charge in [0, 0.05) is 28.9 Å². The molecule has 3 nitrogen and oxygen atoms in total. The van der Waals surface area contributed by atoms with Crippen LogP contribution in [0.1, 0.15) is 33.0 Å². The summed E-state index contributed by atoms with van der Waals surface area (Å²) in [5.74, 6) is 0.213. The number of aryl methyl sites for hydroxylation is 2. The van der Waals surface area contributed by atoms with Crippen LogP contribution in [0, 0.1) is 13.8 Å². The van der Waals surface area contributed by atoms with Gasteiger partial charge in [0.05, 0.1) is 5.56 Å². The number of carbonyl (C=O) groups excluding carboxylic acids is 1. The number of amides is 1. The van der Waals surface area contributed by atoms with Crippen LogP contribution in [-0.2, 0) is 0 Å². The second-order valence-electron chi connectivity index (χ2n) is 4.68. The van der Waals surface area contributed by atoms with Gasteiger partial charge in [0.25, 0.3) is 5.91 Å². The molecule has 0 aromatic carbocycles. The first kappa shape index (κ1) is 12.6. The lowest BCUT2D eigenvalue weighted by Gasteiger charge is -2.24. The van der Waals surface area contributed by atoms with Crippen molar-refractivity contribution in [3.63, 3.8) is 0 Å². The number of hydrogen-bond acceptors (Lipinski definition) is 3.